The molecule has 1 unspecified atom stereocenters. The van der Waals surface area contributed by atoms with Gasteiger partial charge in [-0.1, -0.05) is 6.92 Å². The van der Waals surface area contributed by atoms with Gasteiger partial charge in [0.15, 0.2) is 0 Å². The summed E-state index contributed by atoms with van der Waals surface area (Å²) in [6.45, 7) is 2.10. The smallest absolute Gasteiger partial charge is 0.141 e. The van der Waals surface area contributed by atoms with Crippen molar-refractivity contribution >= 4 is 0 Å². The molecule has 0 saturated carbocycles. The summed E-state index contributed by atoms with van der Waals surface area (Å²) < 4.78 is 28.6. The number of pyridine rings is 2. The maximum absolute atomic E-state index is 13.5. The lowest BCUT2D eigenvalue weighted by molar-refractivity contribution is 0.155. The molecule has 128 valence electrons. The Kier molecular flexibility index (Phi) is 3.82. The largest absolute Gasteiger partial charge is 0.268 e. The van der Waals surface area contributed by atoms with E-state index in [0.717, 1.165) is 29.7 Å². The molecular formula is C19H18F2N4. The minimum absolute atomic E-state index is 0.374. The van der Waals surface area contributed by atoms with E-state index in [4.69, 9.17) is 5.10 Å². The highest BCUT2D eigenvalue weighted by Crippen LogP contribution is 2.40. The molecule has 1 atom stereocenters. The normalized spacial score (nSPS) is 19.6. The first-order valence-electron chi connectivity index (χ1n) is 8.28. The summed E-state index contributed by atoms with van der Waals surface area (Å²) in [5.74, 6) is -0.386. The zero-order chi connectivity index (χ0) is 17.4. The highest BCUT2D eigenvalue weighted by atomic mass is 19.1. The molecule has 25 heavy (non-hydrogen) atoms. The van der Waals surface area contributed by atoms with Gasteiger partial charge >= 0.3 is 0 Å². The summed E-state index contributed by atoms with van der Waals surface area (Å²) in [6.07, 6.45) is 6.16. The third-order valence-corrected chi connectivity index (χ3v) is 4.82. The molecule has 4 heterocycles. The molecule has 3 aromatic rings. The van der Waals surface area contributed by atoms with Crippen LogP contribution < -0.4 is 0 Å². The van der Waals surface area contributed by atoms with Gasteiger partial charge in [0.25, 0.3) is 0 Å². The second-order valence-corrected chi connectivity index (χ2v) is 6.87. The molecular weight excluding hydrogens is 322 g/mol. The fraction of sp³-hybridized carbons (Fsp3) is 0.316. The Hall–Kier alpha value is -2.63. The summed E-state index contributed by atoms with van der Waals surface area (Å²) in [6, 6.07) is 6.85. The van der Waals surface area contributed by atoms with Crippen molar-refractivity contribution in [3.8, 4) is 22.5 Å². The Bertz CT molecular complexity index is 890. The van der Waals surface area contributed by atoms with Crippen LogP contribution in [0.15, 0.2) is 42.9 Å². The molecule has 0 bridgehead atoms. The van der Waals surface area contributed by atoms with Crippen molar-refractivity contribution in [2.45, 2.75) is 26.3 Å². The number of aromatic nitrogens is 4. The number of rotatable bonds is 3. The molecule has 0 radical (unpaired) electrons. The van der Waals surface area contributed by atoms with Gasteiger partial charge in [0.05, 0.1) is 18.6 Å². The standard InChI is InChI=1S/C19H18F2N4/c1-19(11-20)7-4-16-17(13-5-8-22-9-6-13)18(24-25(16)12-19)15-3-2-14(21)10-23-15/h2-3,5-6,8-10H,4,7,11-12H2,1H3. The predicted octanol–water partition coefficient (Wildman–Crippen LogP) is 4.07. The van der Waals surface area contributed by atoms with E-state index in [1.165, 1.54) is 12.3 Å². The van der Waals surface area contributed by atoms with Crippen LogP contribution in [0.4, 0.5) is 8.78 Å². The van der Waals surface area contributed by atoms with Gasteiger partial charge in [-0.3, -0.25) is 19.0 Å². The van der Waals surface area contributed by atoms with Crippen molar-refractivity contribution in [1.29, 1.82) is 0 Å². The van der Waals surface area contributed by atoms with E-state index in [2.05, 4.69) is 9.97 Å². The van der Waals surface area contributed by atoms with Crippen molar-refractivity contribution < 1.29 is 8.78 Å². The fourth-order valence-corrected chi connectivity index (χ4v) is 3.37. The Balaban J connectivity index is 1.90. The van der Waals surface area contributed by atoms with E-state index < -0.39 is 5.41 Å². The lowest BCUT2D eigenvalue weighted by Crippen LogP contribution is -2.32. The molecule has 0 saturated heterocycles. The van der Waals surface area contributed by atoms with Gasteiger partial charge in [0.1, 0.15) is 11.5 Å². The van der Waals surface area contributed by atoms with Crippen LogP contribution in [0.5, 0.6) is 0 Å². The molecule has 0 spiro atoms. The highest BCUT2D eigenvalue weighted by molar-refractivity contribution is 5.81. The van der Waals surface area contributed by atoms with Crippen molar-refractivity contribution in [2.75, 3.05) is 6.67 Å². The molecule has 1 aliphatic rings. The van der Waals surface area contributed by atoms with Gasteiger partial charge in [-0.05, 0) is 42.7 Å². The number of halogens is 2. The van der Waals surface area contributed by atoms with Crippen molar-refractivity contribution in [3.63, 3.8) is 0 Å². The molecule has 6 heteroatoms. The topological polar surface area (TPSA) is 43.6 Å². The Morgan fingerprint density at radius 1 is 1.20 bits per heavy atom. The third kappa shape index (κ3) is 2.81. The van der Waals surface area contributed by atoms with E-state index >= 15 is 0 Å². The first kappa shape index (κ1) is 15.9. The van der Waals surface area contributed by atoms with E-state index in [1.54, 1.807) is 18.5 Å². The van der Waals surface area contributed by atoms with Crippen molar-refractivity contribution in [3.05, 3.63) is 54.4 Å². The van der Waals surface area contributed by atoms with Gasteiger partial charge in [-0.2, -0.15) is 5.10 Å². The second kappa shape index (κ2) is 6.02. The maximum atomic E-state index is 13.5. The molecule has 0 aliphatic carbocycles. The number of hydrogen-bond acceptors (Lipinski definition) is 3. The lowest BCUT2D eigenvalue weighted by Gasteiger charge is -2.31. The predicted molar refractivity (Wildman–Crippen MR) is 91.1 cm³/mol. The average molecular weight is 340 g/mol. The van der Waals surface area contributed by atoms with Crippen LogP contribution in [0, 0.1) is 11.2 Å². The third-order valence-electron chi connectivity index (χ3n) is 4.82. The first-order valence-corrected chi connectivity index (χ1v) is 8.28. The van der Waals surface area contributed by atoms with Crippen molar-refractivity contribution in [1.82, 2.24) is 19.7 Å². The minimum atomic E-state index is -0.401. The van der Waals surface area contributed by atoms with Crippen LogP contribution in [0.3, 0.4) is 0 Å². The van der Waals surface area contributed by atoms with Crippen LogP contribution in [0.1, 0.15) is 19.0 Å². The summed E-state index contributed by atoms with van der Waals surface area (Å²) in [5.41, 5.74) is 3.94. The summed E-state index contributed by atoms with van der Waals surface area (Å²) >= 11 is 0. The van der Waals surface area contributed by atoms with Crippen LogP contribution in [-0.2, 0) is 13.0 Å². The number of alkyl halides is 1. The van der Waals surface area contributed by atoms with Gasteiger partial charge in [-0.15, -0.1) is 0 Å². The molecule has 0 aromatic carbocycles. The zero-order valence-corrected chi connectivity index (χ0v) is 13.9. The van der Waals surface area contributed by atoms with Crippen LogP contribution in [-0.4, -0.2) is 26.4 Å². The number of nitrogens with zero attached hydrogens (tertiary/aromatic N) is 4. The van der Waals surface area contributed by atoms with Gasteiger partial charge < -0.3 is 0 Å². The number of hydrogen-bond donors (Lipinski definition) is 0. The minimum Gasteiger partial charge on any atom is -0.268 e. The highest BCUT2D eigenvalue weighted by Gasteiger charge is 2.34. The Morgan fingerprint density at radius 2 is 2.00 bits per heavy atom. The molecule has 4 rings (SSSR count). The van der Waals surface area contributed by atoms with Crippen LogP contribution in [0.2, 0.25) is 0 Å². The van der Waals surface area contributed by atoms with E-state index in [9.17, 15) is 8.78 Å². The summed E-state index contributed by atoms with van der Waals surface area (Å²) in [5, 5.41) is 4.72. The lowest BCUT2D eigenvalue weighted by atomic mass is 9.82. The fourth-order valence-electron chi connectivity index (χ4n) is 3.37. The maximum Gasteiger partial charge on any atom is 0.141 e. The van der Waals surface area contributed by atoms with E-state index in [-0.39, 0.29) is 12.5 Å². The quantitative estimate of drug-likeness (QED) is 0.722. The second-order valence-electron chi connectivity index (χ2n) is 6.87. The van der Waals surface area contributed by atoms with Gasteiger partial charge in [-0.25, -0.2) is 4.39 Å². The summed E-state index contributed by atoms with van der Waals surface area (Å²) in [7, 11) is 0. The molecule has 3 aromatic heterocycles. The van der Waals surface area contributed by atoms with Gasteiger partial charge in [0, 0.05) is 35.6 Å². The molecule has 0 N–H and O–H groups in total. The zero-order valence-electron chi connectivity index (χ0n) is 13.9. The first-order chi connectivity index (χ1) is 12.1. The Labute approximate surface area is 144 Å². The van der Waals surface area contributed by atoms with Gasteiger partial charge in [0.2, 0.25) is 0 Å². The van der Waals surface area contributed by atoms with Crippen molar-refractivity contribution in [2.24, 2.45) is 5.41 Å². The molecule has 0 fully saturated rings. The van der Waals surface area contributed by atoms with E-state index in [1.807, 2.05) is 23.7 Å². The Morgan fingerprint density at radius 3 is 2.68 bits per heavy atom. The SMILES string of the molecule is CC1(CF)CCc2c(-c3ccncc3)c(-c3ccc(F)cn3)nn2C1. The molecule has 4 nitrogen and oxygen atoms in total. The molecule has 1 aliphatic heterocycles. The average Bonchev–Trinajstić information content (AvgIpc) is 3.01. The van der Waals surface area contributed by atoms with E-state index in [0.29, 0.717) is 17.9 Å². The summed E-state index contributed by atoms with van der Waals surface area (Å²) in [4.78, 5) is 8.27. The molecule has 0 amide bonds. The monoisotopic (exact) mass is 340 g/mol. The number of fused-ring (bicyclic) bond motifs is 1. The van der Waals surface area contributed by atoms with Crippen LogP contribution >= 0.6 is 0 Å². The van der Waals surface area contributed by atoms with Crippen LogP contribution in [0.25, 0.3) is 22.5 Å².